The lowest BCUT2D eigenvalue weighted by Crippen LogP contribution is -2.27. The Labute approximate surface area is 143 Å². The van der Waals surface area contributed by atoms with Crippen molar-refractivity contribution < 1.29 is 14.1 Å². The van der Waals surface area contributed by atoms with Crippen LogP contribution in [0.4, 0.5) is 0 Å². The molecule has 130 valence electrons. The van der Waals surface area contributed by atoms with E-state index in [4.69, 9.17) is 9.26 Å². The van der Waals surface area contributed by atoms with Crippen molar-refractivity contribution >= 4 is 5.91 Å². The Balaban J connectivity index is 2.21. The summed E-state index contributed by atoms with van der Waals surface area (Å²) < 4.78 is 10.7. The Morgan fingerprint density at radius 3 is 2.50 bits per heavy atom. The standard InChI is InChI=1S/C19H26N2O3/c1-6-23-12-11-20-18(22)16-13(2)21-24-17(16)14-7-9-15(10-8-14)19(3,4)5/h7-10H,6,11-12H2,1-5H3,(H,20,22). The van der Waals surface area contributed by atoms with Gasteiger partial charge in [-0.1, -0.05) is 50.2 Å². The van der Waals surface area contributed by atoms with Crippen LogP contribution in [0.2, 0.25) is 0 Å². The van der Waals surface area contributed by atoms with Crippen molar-refractivity contribution in [2.24, 2.45) is 0 Å². The summed E-state index contributed by atoms with van der Waals surface area (Å²) in [5.41, 5.74) is 3.22. The average molecular weight is 330 g/mol. The van der Waals surface area contributed by atoms with Gasteiger partial charge >= 0.3 is 0 Å². The maximum atomic E-state index is 12.4. The molecule has 0 saturated carbocycles. The number of nitrogens with zero attached hydrogens (tertiary/aromatic N) is 1. The normalized spacial score (nSPS) is 11.5. The molecule has 2 aromatic rings. The van der Waals surface area contributed by atoms with Crippen molar-refractivity contribution in [2.45, 2.75) is 40.0 Å². The second-order valence-electron chi connectivity index (χ2n) is 6.75. The van der Waals surface area contributed by atoms with Gasteiger partial charge in [0.15, 0.2) is 5.76 Å². The fourth-order valence-corrected chi connectivity index (χ4v) is 2.43. The van der Waals surface area contributed by atoms with Gasteiger partial charge in [0.05, 0.1) is 12.3 Å². The molecule has 0 aliphatic carbocycles. The minimum atomic E-state index is -0.191. The van der Waals surface area contributed by atoms with Crippen LogP contribution in [0, 0.1) is 6.92 Å². The van der Waals surface area contributed by atoms with E-state index in [1.165, 1.54) is 5.56 Å². The molecule has 1 amide bonds. The van der Waals surface area contributed by atoms with E-state index in [0.29, 0.717) is 36.8 Å². The van der Waals surface area contributed by atoms with Crippen molar-refractivity contribution in [2.75, 3.05) is 19.8 Å². The molecule has 5 heteroatoms. The van der Waals surface area contributed by atoms with Crippen LogP contribution in [-0.4, -0.2) is 30.8 Å². The molecule has 0 aliphatic rings. The van der Waals surface area contributed by atoms with Crippen LogP contribution in [0.3, 0.4) is 0 Å². The summed E-state index contributed by atoms with van der Waals surface area (Å²) in [4.78, 5) is 12.4. The third-order valence-corrected chi connectivity index (χ3v) is 3.84. The highest BCUT2D eigenvalue weighted by atomic mass is 16.5. The van der Waals surface area contributed by atoms with Gasteiger partial charge in [0.1, 0.15) is 5.56 Å². The predicted molar refractivity (Wildman–Crippen MR) is 94.2 cm³/mol. The summed E-state index contributed by atoms with van der Waals surface area (Å²) in [6.07, 6.45) is 0. The summed E-state index contributed by atoms with van der Waals surface area (Å²) in [6, 6.07) is 8.06. The van der Waals surface area contributed by atoms with Gasteiger partial charge in [0.25, 0.3) is 5.91 Å². The van der Waals surface area contributed by atoms with E-state index in [0.717, 1.165) is 5.56 Å². The lowest BCUT2D eigenvalue weighted by Gasteiger charge is -2.18. The van der Waals surface area contributed by atoms with Crippen molar-refractivity contribution in [1.29, 1.82) is 0 Å². The Morgan fingerprint density at radius 1 is 1.25 bits per heavy atom. The molecule has 0 unspecified atom stereocenters. The zero-order valence-corrected chi connectivity index (χ0v) is 15.1. The number of carbonyl (C=O) groups is 1. The molecule has 0 spiro atoms. The van der Waals surface area contributed by atoms with Gasteiger partial charge in [-0.25, -0.2) is 0 Å². The first-order valence-corrected chi connectivity index (χ1v) is 8.27. The highest BCUT2D eigenvalue weighted by Gasteiger charge is 2.22. The smallest absolute Gasteiger partial charge is 0.257 e. The largest absolute Gasteiger partial charge is 0.380 e. The number of hydrogen-bond acceptors (Lipinski definition) is 4. The zero-order valence-electron chi connectivity index (χ0n) is 15.1. The summed E-state index contributed by atoms with van der Waals surface area (Å²) in [7, 11) is 0. The van der Waals surface area contributed by atoms with Crippen molar-refractivity contribution in [3.8, 4) is 11.3 Å². The number of benzene rings is 1. The molecule has 24 heavy (non-hydrogen) atoms. The van der Waals surface area contributed by atoms with Gasteiger partial charge in [0, 0.05) is 18.7 Å². The molecule has 0 saturated heterocycles. The Morgan fingerprint density at radius 2 is 1.92 bits per heavy atom. The third kappa shape index (κ3) is 4.23. The molecule has 0 fully saturated rings. The van der Waals surface area contributed by atoms with Crippen molar-refractivity contribution in [1.82, 2.24) is 10.5 Å². The average Bonchev–Trinajstić information content (AvgIpc) is 2.92. The minimum absolute atomic E-state index is 0.0787. The van der Waals surface area contributed by atoms with Crippen molar-refractivity contribution in [3.63, 3.8) is 0 Å². The SMILES string of the molecule is CCOCCNC(=O)c1c(C)noc1-c1ccc(C(C)(C)C)cc1. The number of rotatable bonds is 6. The number of aromatic nitrogens is 1. The number of aryl methyl sites for hydroxylation is 1. The van der Waals surface area contributed by atoms with Crippen LogP contribution in [0.1, 0.15) is 49.3 Å². The first-order chi connectivity index (χ1) is 11.3. The van der Waals surface area contributed by atoms with Gasteiger partial charge < -0.3 is 14.6 Å². The third-order valence-electron chi connectivity index (χ3n) is 3.84. The monoisotopic (exact) mass is 330 g/mol. The molecule has 1 aromatic carbocycles. The maximum Gasteiger partial charge on any atom is 0.257 e. The van der Waals surface area contributed by atoms with Crippen molar-refractivity contribution in [3.05, 3.63) is 41.1 Å². The summed E-state index contributed by atoms with van der Waals surface area (Å²) in [5.74, 6) is 0.310. The van der Waals surface area contributed by atoms with Crippen LogP contribution < -0.4 is 5.32 Å². The Bertz CT molecular complexity index is 682. The molecular weight excluding hydrogens is 304 g/mol. The second kappa shape index (κ2) is 7.62. The molecule has 0 atom stereocenters. The fourth-order valence-electron chi connectivity index (χ4n) is 2.43. The van der Waals surface area contributed by atoms with Gasteiger partial charge in [-0.3, -0.25) is 4.79 Å². The summed E-state index contributed by atoms with van der Waals surface area (Å²) >= 11 is 0. The fraction of sp³-hybridized carbons (Fsp3) is 0.474. The molecule has 1 heterocycles. The first-order valence-electron chi connectivity index (χ1n) is 8.27. The van der Waals surface area contributed by atoms with E-state index < -0.39 is 0 Å². The van der Waals surface area contributed by atoms with E-state index in [1.54, 1.807) is 6.92 Å². The Hall–Kier alpha value is -2.14. The van der Waals surface area contributed by atoms with Gasteiger partial charge in [-0.2, -0.15) is 0 Å². The number of nitrogens with one attached hydrogen (secondary N) is 1. The van der Waals surface area contributed by atoms with Gasteiger partial charge in [-0.15, -0.1) is 0 Å². The number of carbonyl (C=O) groups excluding carboxylic acids is 1. The highest BCUT2D eigenvalue weighted by molar-refractivity contribution is 6.00. The van der Waals surface area contributed by atoms with E-state index in [9.17, 15) is 4.79 Å². The van der Waals surface area contributed by atoms with E-state index in [2.05, 4.69) is 43.4 Å². The predicted octanol–water partition coefficient (Wildman–Crippen LogP) is 3.71. The molecule has 2 rings (SSSR count). The Kier molecular flexibility index (Phi) is 5.78. The zero-order chi connectivity index (χ0) is 17.7. The van der Waals surface area contributed by atoms with Crippen LogP contribution in [-0.2, 0) is 10.2 Å². The summed E-state index contributed by atoms with van der Waals surface area (Å²) in [5, 5.41) is 6.81. The highest BCUT2D eigenvalue weighted by Crippen LogP contribution is 2.29. The van der Waals surface area contributed by atoms with E-state index in [-0.39, 0.29) is 11.3 Å². The topological polar surface area (TPSA) is 64.4 Å². The molecule has 1 aromatic heterocycles. The molecule has 5 nitrogen and oxygen atoms in total. The minimum Gasteiger partial charge on any atom is -0.380 e. The van der Waals surface area contributed by atoms with Crippen LogP contribution in [0.25, 0.3) is 11.3 Å². The lowest BCUT2D eigenvalue weighted by molar-refractivity contribution is 0.0922. The van der Waals surface area contributed by atoms with Crippen LogP contribution in [0.15, 0.2) is 28.8 Å². The number of hydrogen-bond donors (Lipinski definition) is 1. The molecule has 0 radical (unpaired) electrons. The summed E-state index contributed by atoms with van der Waals surface area (Å²) in [6.45, 7) is 11.8. The van der Waals surface area contributed by atoms with Gasteiger partial charge in [-0.05, 0) is 24.8 Å². The van der Waals surface area contributed by atoms with Gasteiger partial charge in [0.2, 0.25) is 0 Å². The first kappa shape index (κ1) is 18.2. The quantitative estimate of drug-likeness (QED) is 0.820. The maximum absolute atomic E-state index is 12.4. The van der Waals surface area contributed by atoms with E-state index >= 15 is 0 Å². The molecule has 1 N–H and O–H groups in total. The van der Waals surface area contributed by atoms with Crippen LogP contribution in [0.5, 0.6) is 0 Å². The molecule has 0 bridgehead atoms. The molecule has 0 aliphatic heterocycles. The van der Waals surface area contributed by atoms with E-state index in [1.807, 2.05) is 19.1 Å². The van der Waals surface area contributed by atoms with Crippen LogP contribution >= 0.6 is 0 Å². The second-order valence-corrected chi connectivity index (χ2v) is 6.75. The molecular formula is C19H26N2O3. The number of amides is 1. The number of ether oxygens (including phenoxy) is 1. The lowest BCUT2D eigenvalue weighted by atomic mass is 9.86.